The minimum absolute atomic E-state index is 0.00400. The summed E-state index contributed by atoms with van der Waals surface area (Å²) in [5, 5.41) is 0. The maximum absolute atomic E-state index is 12.6. The molecule has 6 heteroatoms. The molecule has 0 spiro atoms. The van der Waals surface area contributed by atoms with Crippen molar-refractivity contribution in [3.8, 4) is 5.75 Å². The van der Waals surface area contributed by atoms with E-state index in [-0.39, 0.29) is 11.9 Å². The van der Waals surface area contributed by atoms with Gasteiger partial charge >= 0.3 is 6.03 Å². The van der Waals surface area contributed by atoms with Crippen LogP contribution in [0.4, 0.5) is 4.79 Å². The van der Waals surface area contributed by atoms with Crippen molar-refractivity contribution in [2.75, 3.05) is 46.9 Å². The Morgan fingerprint density at radius 2 is 1.62 bits per heavy atom. The summed E-state index contributed by atoms with van der Waals surface area (Å²) < 4.78 is 5.62. The van der Waals surface area contributed by atoms with Gasteiger partial charge in [-0.1, -0.05) is 13.3 Å². The zero-order valence-corrected chi connectivity index (χ0v) is 14.8. The molecular formula is C18H27N3O3. The Balaban J connectivity index is 1.87. The maximum Gasteiger partial charge on any atom is 0.319 e. The Kier molecular flexibility index (Phi) is 6.46. The van der Waals surface area contributed by atoms with Gasteiger partial charge in [-0.3, -0.25) is 4.79 Å². The monoisotopic (exact) mass is 333 g/mol. The van der Waals surface area contributed by atoms with Crippen LogP contribution in [0.25, 0.3) is 0 Å². The lowest BCUT2D eigenvalue weighted by molar-refractivity contribution is 0.0650. The average molecular weight is 333 g/mol. The summed E-state index contributed by atoms with van der Waals surface area (Å²) in [5.74, 6) is 0.799. The summed E-state index contributed by atoms with van der Waals surface area (Å²) in [6.45, 7) is 5.09. The number of piperazine rings is 1. The number of hydrogen-bond donors (Lipinski definition) is 0. The summed E-state index contributed by atoms with van der Waals surface area (Å²) in [5.41, 5.74) is 0.658. The van der Waals surface area contributed by atoms with Crippen molar-refractivity contribution >= 4 is 11.9 Å². The van der Waals surface area contributed by atoms with Gasteiger partial charge in [-0.25, -0.2) is 4.79 Å². The van der Waals surface area contributed by atoms with Gasteiger partial charge in [-0.15, -0.1) is 0 Å². The summed E-state index contributed by atoms with van der Waals surface area (Å²) >= 11 is 0. The molecule has 1 saturated heterocycles. The van der Waals surface area contributed by atoms with Crippen LogP contribution in [0.1, 0.15) is 30.1 Å². The van der Waals surface area contributed by atoms with E-state index in [9.17, 15) is 9.59 Å². The van der Waals surface area contributed by atoms with Crippen LogP contribution in [0.15, 0.2) is 24.3 Å². The highest BCUT2D eigenvalue weighted by Gasteiger charge is 2.25. The third kappa shape index (κ3) is 4.63. The molecule has 132 valence electrons. The molecule has 2 rings (SSSR count). The molecule has 0 aromatic heterocycles. The van der Waals surface area contributed by atoms with Crippen LogP contribution in [0, 0.1) is 0 Å². The third-order valence-corrected chi connectivity index (χ3v) is 4.09. The molecule has 0 atom stereocenters. The van der Waals surface area contributed by atoms with Gasteiger partial charge in [0.2, 0.25) is 0 Å². The standard InChI is InChI=1S/C18H27N3O3/c1-4-5-14-24-16-8-6-15(7-9-16)17(22)20-10-12-21(13-11-20)18(23)19(2)3/h6-9H,4-5,10-14H2,1-3H3. The predicted molar refractivity (Wildman–Crippen MR) is 93.4 cm³/mol. The second-order valence-electron chi connectivity index (χ2n) is 6.18. The smallest absolute Gasteiger partial charge is 0.319 e. The Morgan fingerprint density at radius 1 is 1.04 bits per heavy atom. The molecule has 0 unspecified atom stereocenters. The Morgan fingerprint density at radius 3 is 2.17 bits per heavy atom. The van der Waals surface area contributed by atoms with Crippen molar-refractivity contribution in [2.24, 2.45) is 0 Å². The van der Waals surface area contributed by atoms with Gasteiger partial charge in [-0.05, 0) is 30.7 Å². The molecule has 0 N–H and O–H groups in total. The van der Waals surface area contributed by atoms with Gasteiger partial charge in [0.25, 0.3) is 5.91 Å². The number of hydrogen-bond acceptors (Lipinski definition) is 3. The molecule has 3 amide bonds. The van der Waals surface area contributed by atoms with Gasteiger partial charge in [0, 0.05) is 45.8 Å². The number of carbonyl (C=O) groups is 2. The first-order valence-corrected chi connectivity index (χ1v) is 8.51. The van der Waals surface area contributed by atoms with Crippen LogP contribution in [0.3, 0.4) is 0 Å². The lowest BCUT2D eigenvalue weighted by Crippen LogP contribution is -2.52. The Hall–Kier alpha value is -2.24. The van der Waals surface area contributed by atoms with Gasteiger partial charge in [0.05, 0.1) is 6.61 Å². The number of ether oxygens (including phenoxy) is 1. The summed E-state index contributed by atoms with van der Waals surface area (Å²) in [6.07, 6.45) is 2.12. The first-order valence-electron chi connectivity index (χ1n) is 8.51. The number of urea groups is 1. The molecule has 1 aromatic rings. The van der Waals surface area contributed by atoms with E-state index in [1.807, 2.05) is 12.1 Å². The van der Waals surface area contributed by atoms with Gasteiger partial charge < -0.3 is 19.4 Å². The van der Waals surface area contributed by atoms with Crippen LogP contribution in [-0.2, 0) is 0 Å². The van der Waals surface area contributed by atoms with Crippen molar-refractivity contribution in [2.45, 2.75) is 19.8 Å². The van der Waals surface area contributed by atoms with Crippen molar-refractivity contribution < 1.29 is 14.3 Å². The number of amides is 3. The van der Waals surface area contributed by atoms with E-state index in [2.05, 4.69) is 6.92 Å². The van der Waals surface area contributed by atoms with Crippen molar-refractivity contribution in [3.63, 3.8) is 0 Å². The fourth-order valence-electron chi connectivity index (χ4n) is 2.59. The zero-order valence-electron chi connectivity index (χ0n) is 14.8. The molecule has 6 nitrogen and oxygen atoms in total. The highest BCUT2D eigenvalue weighted by Crippen LogP contribution is 2.15. The summed E-state index contributed by atoms with van der Waals surface area (Å²) in [4.78, 5) is 29.6. The number of benzene rings is 1. The van der Waals surface area contributed by atoms with Crippen LogP contribution >= 0.6 is 0 Å². The van der Waals surface area contributed by atoms with Gasteiger partial charge in [-0.2, -0.15) is 0 Å². The lowest BCUT2D eigenvalue weighted by atomic mass is 10.1. The molecule has 0 aliphatic carbocycles. The first-order chi connectivity index (χ1) is 11.5. The normalized spacial score (nSPS) is 14.5. The number of nitrogens with zero attached hydrogens (tertiary/aromatic N) is 3. The minimum Gasteiger partial charge on any atom is -0.494 e. The van der Waals surface area contributed by atoms with E-state index in [1.165, 1.54) is 0 Å². The summed E-state index contributed by atoms with van der Waals surface area (Å²) in [6, 6.07) is 7.29. The highest BCUT2D eigenvalue weighted by molar-refractivity contribution is 5.94. The van der Waals surface area contributed by atoms with Crippen molar-refractivity contribution in [3.05, 3.63) is 29.8 Å². The summed E-state index contributed by atoms with van der Waals surface area (Å²) in [7, 11) is 3.48. The number of unbranched alkanes of at least 4 members (excludes halogenated alkanes) is 1. The van der Waals surface area contributed by atoms with Crippen molar-refractivity contribution in [1.29, 1.82) is 0 Å². The molecule has 24 heavy (non-hydrogen) atoms. The molecule has 0 saturated carbocycles. The zero-order chi connectivity index (χ0) is 17.5. The van der Waals surface area contributed by atoms with Crippen LogP contribution in [0.2, 0.25) is 0 Å². The average Bonchev–Trinajstić information content (AvgIpc) is 2.61. The van der Waals surface area contributed by atoms with Crippen LogP contribution in [-0.4, -0.2) is 73.5 Å². The molecule has 1 heterocycles. The van der Waals surface area contributed by atoms with Gasteiger partial charge in [0.15, 0.2) is 0 Å². The third-order valence-electron chi connectivity index (χ3n) is 4.09. The molecule has 0 radical (unpaired) electrons. The highest BCUT2D eigenvalue weighted by atomic mass is 16.5. The molecule has 1 aliphatic rings. The Bertz CT molecular complexity index is 549. The first kappa shape index (κ1) is 18.1. The fraction of sp³-hybridized carbons (Fsp3) is 0.556. The van der Waals surface area contributed by atoms with E-state index in [4.69, 9.17) is 4.74 Å². The topological polar surface area (TPSA) is 53.1 Å². The lowest BCUT2D eigenvalue weighted by Gasteiger charge is -2.36. The fourth-order valence-corrected chi connectivity index (χ4v) is 2.59. The van der Waals surface area contributed by atoms with Crippen molar-refractivity contribution in [1.82, 2.24) is 14.7 Å². The number of rotatable bonds is 5. The van der Waals surface area contributed by atoms with E-state index in [0.29, 0.717) is 38.3 Å². The number of carbonyl (C=O) groups excluding carboxylic acids is 2. The largest absolute Gasteiger partial charge is 0.494 e. The van der Waals surface area contributed by atoms with E-state index in [1.54, 1.807) is 40.9 Å². The van der Waals surface area contributed by atoms with Crippen LogP contribution < -0.4 is 4.74 Å². The van der Waals surface area contributed by atoms with Crippen LogP contribution in [0.5, 0.6) is 5.75 Å². The molecular weight excluding hydrogens is 306 g/mol. The molecule has 1 aromatic carbocycles. The molecule has 1 aliphatic heterocycles. The second-order valence-corrected chi connectivity index (χ2v) is 6.18. The predicted octanol–water partition coefficient (Wildman–Crippen LogP) is 2.30. The van der Waals surface area contributed by atoms with Gasteiger partial charge in [0.1, 0.15) is 5.75 Å². The Labute approximate surface area is 144 Å². The van der Waals surface area contributed by atoms with E-state index < -0.39 is 0 Å². The second kappa shape index (κ2) is 8.57. The quantitative estimate of drug-likeness (QED) is 0.777. The van der Waals surface area contributed by atoms with E-state index in [0.717, 1.165) is 18.6 Å². The molecule has 1 fully saturated rings. The SMILES string of the molecule is CCCCOc1ccc(C(=O)N2CCN(C(=O)N(C)C)CC2)cc1. The molecule has 0 bridgehead atoms. The van der Waals surface area contributed by atoms with E-state index >= 15 is 0 Å². The maximum atomic E-state index is 12.6. The minimum atomic E-state index is -0.00400.